The van der Waals surface area contributed by atoms with Crippen molar-refractivity contribution in [1.82, 2.24) is 0 Å². The molecule has 0 fully saturated rings. The number of aromatic hydroxyl groups is 1. The summed E-state index contributed by atoms with van der Waals surface area (Å²) in [6.07, 6.45) is 0. The van der Waals surface area contributed by atoms with E-state index in [4.69, 9.17) is 14.6 Å². The number of benzene rings is 1. The fraction of sp³-hybridized carbons (Fsp3) is 0.364. The second-order valence-corrected chi connectivity index (χ2v) is 4.27. The summed E-state index contributed by atoms with van der Waals surface area (Å²) >= 11 is 3.14. The summed E-state index contributed by atoms with van der Waals surface area (Å²) in [6, 6.07) is 1.52. The molecular formula is C11H13BrO5. The Hall–Kier alpha value is -1.43. The third-order valence-electron chi connectivity index (χ3n) is 2.44. The summed E-state index contributed by atoms with van der Waals surface area (Å²) < 4.78 is 10.5. The average Bonchev–Trinajstić information content (AvgIpc) is 2.30. The molecule has 0 aromatic heterocycles. The minimum Gasteiger partial charge on any atom is -0.506 e. The third-order valence-corrected chi connectivity index (χ3v) is 3.04. The Morgan fingerprint density at radius 2 is 2.00 bits per heavy atom. The first-order chi connectivity index (χ1) is 7.93. The maximum Gasteiger partial charge on any atom is 0.310 e. The summed E-state index contributed by atoms with van der Waals surface area (Å²) in [6.45, 7) is 1.46. The van der Waals surface area contributed by atoms with Gasteiger partial charge in [0.25, 0.3) is 0 Å². The van der Waals surface area contributed by atoms with E-state index in [-0.39, 0.29) is 17.1 Å². The number of hydrogen-bond acceptors (Lipinski definition) is 4. The second-order valence-electron chi connectivity index (χ2n) is 3.42. The number of ether oxygens (including phenoxy) is 2. The fourth-order valence-electron chi connectivity index (χ4n) is 1.51. The van der Waals surface area contributed by atoms with E-state index in [1.54, 1.807) is 0 Å². The van der Waals surface area contributed by atoms with Gasteiger partial charge in [0.2, 0.25) is 0 Å². The molecule has 0 amide bonds. The Kier molecular flexibility index (Phi) is 4.22. The quantitative estimate of drug-likeness (QED) is 0.893. The monoisotopic (exact) mass is 304 g/mol. The molecule has 0 aliphatic heterocycles. The lowest BCUT2D eigenvalue weighted by Gasteiger charge is -2.17. The molecule has 0 aliphatic carbocycles. The smallest absolute Gasteiger partial charge is 0.310 e. The molecule has 17 heavy (non-hydrogen) atoms. The number of carbonyl (C=O) groups is 1. The van der Waals surface area contributed by atoms with Crippen molar-refractivity contribution in [2.45, 2.75) is 12.8 Å². The molecule has 0 saturated heterocycles. The van der Waals surface area contributed by atoms with E-state index in [9.17, 15) is 9.90 Å². The molecule has 0 spiro atoms. The van der Waals surface area contributed by atoms with Crippen LogP contribution in [-0.2, 0) is 4.79 Å². The van der Waals surface area contributed by atoms with E-state index in [1.165, 1.54) is 27.2 Å². The molecule has 2 N–H and O–H groups in total. The van der Waals surface area contributed by atoms with Crippen molar-refractivity contribution in [1.29, 1.82) is 0 Å². The number of phenolic OH excluding ortho intramolecular Hbond substituents is 1. The first kappa shape index (κ1) is 13.6. The Balaban J connectivity index is 3.53. The predicted molar refractivity (Wildman–Crippen MR) is 65.0 cm³/mol. The molecule has 0 heterocycles. The number of aliphatic carboxylic acids is 1. The summed E-state index contributed by atoms with van der Waals surface area (Å²) in [7, 11) is 2.83. The number of methoxy groups -OCH3 is 2. The Morgan fingerprint density at radius 1 is 1.41 bits per heavy atom. The van der Waals surface area contributed by atoms with Gasteiger partial charge in [-0.15, -0.1) is 0 Å². The number of phenols is 1. The van der Waals surface area contributed by atoms with Gasteiger partial charge >= 0.3 is 5.97 Å². The van der Waals surface area contributed by atoms with Gasteiger partial charge in [0.05, 0.1) is 30.2 Å². The highest BCUT2D eigenvalue weighted by atomic mass is 79.9. The van der Waals surface area contributed by atoms with Crippen LogP contribution in [-0.4, -0.2) is 30.4 Å². The molecule has 6 heteroatoms. The number of rotatable bonds is 4. The number of carboxylic acids is 1. The van der Waals surface area contributed by atoms with Gasteiger partial charge in [0.15, 0.2) is 11.5 Å². The summed E-state index contributed by atoms with van der Waals surface area (Å²) in [5.74, 6) is -1.53. The highest BCUT2D eigenvalue weighted by Crippen LogP contribution is 2.45. The molecule has 0 saturated carbocycles. The lowest BCUT2D eigenvalue weighted by Crippen LogP contribution is -2.10. The topological polar surface area (TPSA) is 76.0 Å². The van der Waals surface area contributed by atoms with Crippen LogP contribution in [0.5, 0.6) is 17.2 Å². The highest BCUT2D eigenvalue weighted by Gasteiger charge is 2.26. The lowest BCUT2D eigenvalue weighted by molar-refractivity contribution is -0.138. The number of hydrogen-bond donors (Lipinski definition) is 2. The van der Waals surface area contributed by atoms with E-state index in [0.29, 0.717) is 10.2 Å². The summed E-state index contributed by atoms with van der Waals surface area (Å²) in [5.41, 5.74) is 0.186. The van der Waals surface area contributed by atoms with Crippen LogP contribution in [0.4, 0.5) is 0 Å². The van der Waals surface area contributed by atoms with Gasteiger partial charge in [-0.05, 0) is 22.9 Å². The molecule has 1 rings (SSSR count). The van der Waals surface area contributed by atoms with Gasteiger partial charge < -0.3 is 19.7 Å². The zero-order valence-electron chi connectivity index (χ0n) is 9.65. The third kappa shape index (κ3) is 2.46. The van der Waals surface area contributed by atoms with Crippen molar-refractivity contribution in [3.05, 3.63) is 16.1 Å². The number of carboxylic acid groups (broad SMARTS) is 1. The van der Waals surface area contributed by atoms with Crippen LogP contribution in [0.1, 0.15) is 18.4 Å². The van der Waals surface area contributed by atoms with Crippen LogP contribution >= 0.6 is 15.9 Å². The van der Waals surface area contributed by atoms with Gasteiger partial charge in [-0.3, -0.25) is 4.79 Å². The molecule has 0 bridgehead atoms. The van der Waals surface area contributed by atoms with Crippen molar-refractivity contribution < 1.29 is 24.5 Å². The largest absolute Gasteiger partial charge is 0.506 e. The Morgan fingerprint density at radius 3 is 2.41 bits per heavy atom. The van der Waals surface area contributed by atoms with E-state index < -0.39 is 11.9 Å². The molecular weight excluding hydrogens is 292 g/mol. The Labute approximate surface area is 107 Å². The fourth-order valence-corrected chi connectivity index (χ4v) is 1.93. The molecule has 1 atom stereocenters. The van der Waals surface area contributed by atoms with E-state index in [2.05, 4.69) is 15.9 Å². The van der Waals surface area contributed by atoms with Crippen molar-refractivity contribution in [3.63, 3.8) is 0 Å². The van der Waals surface area contributed by atoms with Crippen LogP contribution in [0.3, 0.4) is 0 Å². The normalized spacial score (nSPS) is 12.0. The maximum atomic E-state index is 11.0. The molecule has 1 aromatic rings. The first-order valence-corrected chi connectivity index (χ1v) is 5.59. The highest BCUT2D eigenvalue weighted by molar-refractivity contribution is 9.10. The van der Waals surface area contributed by atoms with Crippen molar-refractivity contribution in [2.24, 2.45) is 0 Å². The standard InChI is InChI=1S/C11H13BrO5/c1-5(11(14)15)8-9(13)6(12)4-7(16-2)10(8)17-3/h4-5,13H,1-3H3,(H,14,15). The van der Waals surface area contributed by atoms with Crippen LogP contribution in [0.15, 0.2) is 10.5 Å². The number of halogens is 1. The van der Waals surface area contributed by atoms with Crippen LogP contribution in [0.25, 0.3) is 0 Å². The molecule has 0 aliphatic rings. The predicted octanol–water partition coefficient (Wildman–Crippen LogP) is 2.36. The van der Waals surface area contributed by atoms with E-state index in [1.807, 2.05) is 0 Å². The van der Waals surface area contributed by atoms with E-state index in [0.717, 1.165) is 0 Å². The van der Waals surface area contributed by atoms with Crippen molar-refractivity contribution >= 4 is 21.9 Å². The molecule has 94 valence electrons. The van der Waals surface area contributed by atoms with Gasteiger partial charge in [0.1, 0.15) is 5.75 Å². The summed E-state index contributed by atoms with van der Waals surface area (Å²) in [5, 5.41) is 18.9. The minimum absolute atomic E-state index is 0.155. The average molecular weight is 305 g/mol. The lowest BCUT2D eigenvalue weighted by atomic mass is 9.98. The minimum atomic E-state index is -1.06. The van der Waals surface area contributed by atoms with Crippen LogP contribution in [0, 0.1) is 0 Å². The van der Waals surface area contributed by atoms with Gasteiger partial charge in [-0.25, -0.2) is 0 Å². The van der Waals surface area contributed by atoms with Gasteiger partial charge in [0, 0.05) is 6.07 Å². The summed E-state index contributed by atoms with van der Waals surface area (Å²) in [4.78, 5) is 11.0. The van der Waals surface area contributed by atoms with E-state index >= 15 is 0 Å². The molecule has 0 radical (unpaired) electrons. The molecule has 1 unspecified atom stereocenters. The van der Waals surface area contributed by atoms with Gasteiger partial charge in [-0.2, -0.15) is 0 Å². The maximum absolute atomic E-state index is 11.0. The molecule has 1 aromatic carbocycles. The van der Waals surface area contributed by atoms with Gasteiger partial charge in [-0.1, -0.05) is 0 Å². The Bertz CT molecular complexity index is 444. The zero-order valence-corrected chi connectivity index (χ0v) is 11.2. The molecule has 5 nitrogen and oxygen atoms in total. The SMILES string of the molecule is COc1cc(Br)c(O)c(C(C)C(=O)O)c1OC. The first-order valence-electron chi connectivity index (χ1n) is 4.80. The van der Waals surface area contributed by atoms with Crippen molar-refractivity contribution in [3.8, 4) is 17.2 Å². The van der Waals surface area contributed by atoms with Crippen LogP contribution in [0.2, 0.25) is 0 Å². The van der Waals surface area contributed by atoms with Crippen molar-refractivity contribution in [2.75, 3.05) is 14.2 Å². The zero-order chi connectivity index (χ0) is 13.2. The van der Waals surface area contributed by atoms with Crippen LogP contribution < -0.4 is 9.47 Å². The second kappa shape index (κ2) is 5.27.